The number of rotatable bonds is 4. The fourth-order valence-corrected chi connectivity index (χ4v) is 1.96. The van der Waals surface area contributed by atoms with Crippen molar-refractivity contribution in [3.63, 3.8) is 0 Å². The summed E-state index contributed by atoms with van der Waals surface area (Å²) < 4.78 is 102. The zero-order chi connectivity index (χ0) is 18.1. The lowest BCUT2D eigenvalue weighted by atomic mass is 10.1. The van der Waals surface area contributed by atoms with Gasteiger partial charge in [-0.15, -0.1) is 0 Å². The number of benzene rings is 1. The van der Waals surface area contributed by atoms with E-state index < -0.39 is 44.5 Å². The number of alkyl halides is 6. The molecule has 0 saturated heterocycles. The van der Waals surface area contributed by atoms with Gasteiger partial charge in [-0.25, -0.2) is 0 Å². The van der Waals surface area contributed by atoms with Gasteiger partial charge in [0.15, 0.2) is 11.5 Å². The minimum Gasteiger partial charge on any atom is -0.375 e. The Labute approximate surface area is 126 Å². The van der Waals surface area contributed by atoms with E-state index in [-0.39, 0.29) is 0 Å². The second-order valence-electron chi connectivity index (χ2n) is 4.11. The van der Waals surface area contributed by atoms with Crippen molar-refractivity contribution in [1.29, 1.82) is 0 Å². The molecule has 1 rings (SSSR count). The van der Waals surface area contributed by atoms with E-state index in [0.29, 0.717) is 6.92 Å². The lowest BCUT2D eigenvalue weighted by Crippen LogP contribution is -2.28. The molecule has 11 heteroatoms. The lowest BCUT2D eigenvalue weighted by molar-refractivity contribution is -0.127. The number of carbonyl (C=O) groups is 1. The predicted molar refractivity (Wildman–Crippen MR) is 66.2 cm³/mol. The topological polar surface area (TPSA) is 60.4 Å². The average Bonchev–Trinajstić information content (AvgIpc) is 2.35. The average molecular weight is 362 g/mol. The summed E-state index contributed by atoms with van der Waals surface area (Å²) in [6.07, 6.45) is -5.42. The summed E-state index contributed by atoms with van der Waals surface area (Å²) in [6.45, 7) is 0.426. The van der Waals surface area contributed by atoms with Crippen LogP contribution in [0, 0.1) is 0 Å². The molecule has 128 valence electrons. The monoisotopic (exact) mass is 362 g/mol. The number of allylic oxidation sites excluding steroid dienone is 1. The van der Waals surface area contributed by atoms with Crippen LogP contribution in [0.1, 0.15) is 12.5 Å². The Kier molecular flexibility index (Phi) is 5.14. The Hall–Kier alpha value is -2.04. The van der Waals surface area contributed by atoms with Crippen LogP contribution in [0.2, 0.25) is 0 Å². The Morgan fingerprint density at radius 2 is 1.48 bits per heavy atom. The van der Waals surface area contributed by atoms with Crippen LogP contribution >= 0.6 is 0 Å². The SMILES string of the molecule is CC(=O)/C(=C(\OS(=O)(=O)C(F)(F)F)c1ccccc1)C(F)(F)F. The van der Waals surface area contributed by atoms with Crippen LogP contribution in [0.5, 0.6) is 0 Å². The van der Waals surface area contributed by atoms with Gasteiger partial charge in [0, 0.05) is 5.56 Å². The van der Waals surface area contributed by atoms with E-state index in [0.717, 1.165) is 24.3 Å². The molecule has 23 heavy (non-hydrogen) atoms. The van der Waals surface area contributed by atoms with Crippen LogP contribution in [0.25, 0.3) is 5.76 Å². The molecule has 0 aromatic heterocycles. The maximum Gasteiger partial charge on any atom is 0.534 e. The van der Waals surface area contributed by atoms with Gasteiger partial charge in [0.2, 0.25) is 0 Å². The molecular formula is C12H8F6O4S. The molecule has 0 heterocycles. The second kappa shape index (κ2) is 6.22. The van der Waals surface area contributed by atoms with Crippen molar-refractivity contribution in [1.82, 2.24) is 0 Å². The molecule has 0 saturated carbocycles. The van der Waals surface area contributed by atoms with Crippen molar-refractivity contribution in [3.05, 3.63) is 41.5 Å². The highest BCUT2D eigenvalue weighted by molar-refractivity contribution is 7.87. The number of carbonyl (C=O) groups excluding carboxylic acids is 1. The molecule has 0 aliphatic carbocycles. The summed E-state index contributed by atoms with van der Waals surface area (Å²) in [4.78, 5) is 11.2. The van der Waals surface area contributed by atoms with Crippen molar-refractivity contribution in [3.8, 4) is 0 Å². The van der Waals surface area contributed by atoms with Gasteiger partial charge in [0.1, 0.15) is 5.57 Å². The normalized spacial score (nSPS) is 14.2. The van der Waals surface area contributed by atoms with E-state index in [1.54, 1.807) is 0 Å². The summed E-state index contributed by atoms with van der Waals surface area (Å²) in [5.41, 5.74) is -8.75. The Morgan fingerprint density at radius 3 is 1.83 bits per heavy atom. The van der Waals surface area contributed by atoms with Crippen molar-refractivity contribution in [2.24, 2.45) is 0 Å². The Bertz CT molecular complexity index is 716. The van der Waals surface area contributed by atoms with Crippen molar-refractivity contribution in [2.45, 2.75) is 18.6 Å². The summed E-state index contributed by atoms with van der Waals surface area (Å²) in [5.74, 6) is -3.43. The predicted octanol–water partition coefficient (Wildman–Crippen LogP) is 3.42. The second-order valence-corrected chi connectivity index (χ2v) is 5.65. The third-order valence-electron chi connectivity index (χ3n) is 2.38. The van der Waals surface area contributed by atoms with Crippen LogP contribution in [-0.2, 0) is 19.1 Å². The first kappa shape index (κ1) is 19.0. The van der Waals surface area contributed by atoms with Crippen LogP contribution in [-0.4, -0.2) is 25.9 Å². The fraction of sp³-hybridized carbons (Fsp3) is 0.250. The summed E-state index contributed by atoms with van der Waals surface area (Å²) in [5, 5.41) is 0. The molecule has 0 aliphatic rings. The van der Waals surface area contributed by atoms with Gasteiger partial charge >= 0.3 is 21.8 Å². The fourth-order valence-electron chi connectivity index (χ4n) is 1.47. The summed E-state index contributed by atoms with van der Waals surface area (Å²) in [7, 11) is -6.39. The van der Waals surface area contributed by atoms with Gasteiger partial charge < -0.3 is 4.18 Å². The quantitative estimate of drug-likeness (QED) is 0.271. The third kappa shape index (κ3) is 4.47. The molecule has 1 aromatic rings. The molecule has 0 spiro atoms. The van der Waals surface area contributed by atoms with E-state index in [9.17, 15) is 39.6 Å². The lowest BCUT2D eigenvalue weighted by Gasteiger charge is -2.17. The van der Waals surface area contributed by atoms with Crippen molar-refractivity contribution < 1.29 is 43.7 Å². The molecule has 0 unspecified atom stereocenters. The van der Waals surface area contributed by atoms with E-state index in [2.05, 4.69) is 4.18 Å². The molecule has 0 fully saturated rings. The smallest absolute Gasteiger partial charge is 0.375 e. The number of hydrogen-bond donors (Lipinski definition) is 0. The van der Waals surface area contributed by atoms with Crippen LogP contribution in [0.4, 0.5) is 26.3 Å². The van der Waals surface area contributed by atoms with E-state index in [4.69, 9.17) is 0 Å². The largest absolute Gasteiger partial charge is 0.534 e. The number of ketones is 1. The molecule has 0 N–H and O–H groups in total. The van der Waals surface area contributed by atoms with Crippen LogP contribution in [0.15, 0.2) is 35.9 Å². The van der Waals surface area contributed by atoms with Gasteiger partial charge in [0.25, 0.3) is 0 Å². The summed E-state index contributed by atoms with van der Waals surface area (Å²) >= 11 is 0. The molecular weight excluding hydrogens is 354 g/mol. The van der Waals surface area contributed by atoms with Crippen LogP contribution in [0.3, 0.4) is 0 Å². The highest BCUT2D eigenvalue weighted by Gasteiger charge is 2.51. The highest BCUT2D eigenvalue weighted by Crippen LogP contribution is 2.37. The maximum atomic E-state index is 12.9. The van der Waals surface area contributed by atoms with Gasteiger partial charge in [0.05, 0.1) is 0 Å². The Balaban J connectivity index is 3.68. The Morgan fingerprint density at radius 1 is 1.00 bits per heavy atom. The van der Waals surface area contributed by atoms with Crippen LogP contribution < -0.4 is 0 Å². The van der Waals surface area contributed by atoms with E-state index in [1.165, 1.54) is 6.07 Å². The molecule has 0 radical (unpaired) electrons. The molecule has 0 aliphatic heterocycles. The molecule has 0 amide bonds. The molecule has 4 nitrogen and oxygen atoms in total. The summed E-state index contributed by atoms with van der Waals surface area (Å²) in [6, 6.07) is 5.33. The molecule has 0 bridgehead atoms. The first-order valence-electron chi connectivity index (χ1n) is 5.66. The number of halogens is 6. The third-order valence-corrected chi connectivity index (χ3v) is 3.33. The standard InChI is InChI=1S/C12H8F6O4S/c1-7(19)9(11(13,14)15)10(8-5-3-2-4-6-8)22-23(20,21)12(16,17)18/h2-6H,1H3/b10-9+. The van der Waals surface area contributed by atoms with Gasteiger partial charge in [-0.3, -0.25) is 4.79 Å². The van der Waals surface area contributed by atoms with Crippen molar-refractivity contribution >= 4 is 21.7 Å². The van der Waals surface area contributed by atoms with Gasteiger partial charge in [-0.05, 0) is 6.92 Å². The van der Waals surface area contributed by atoms with E-state index in [1.807, 2.05) is 0 Å². The zero-order valence-electron chi connectivity index (χ0n) is 11.2. The zero-order valence-corrected chi connectivity index (χ0v) is 12.0. The minimum atomic E-state index is -6.39. The minimum absolute atomic E-state index is 0.426. The van der Waals surface area contributed by atoms with Gasteiger partial charge in [-0.1, -0.05) is 30.3 Å². The number of Topliss-reactive ketones (excluding diaryl/α,β-unsaturated/α-hetero) is 1. The molecule has 0 atom stereocenters. The first-order chi connectivity index (χ1) is 10.3. The number of hydrogen-bond acceptors (Lipinski definition) is 4. The first-order valence-corrected chi connectivity index (χ1v) is 7.07. The molecule has 1 aromatic carbocycles. The maximum absolute atomic E-state index is 12.9. The highest BCUT2D eigenvalue weighted by atomic mass is 32.2. The van der Waals surface area contributed by atoms with Gasteiger partial charge in [-0.2, -0.15) is 34.8 Å². The van der Waals surface area contributed by atoms with Crippen molar-refractivity contribution in [2.75, 3.05) is 0 Å². The van der Waals surface area contributed by atoms with E-state index >= 15 is 0 Å².